The predicted molar refractivity (Wildman–Crippen MR) is 326 cm³/mol. The number of anilines is 10. The molecule has 382 valence electrons. The average Bonchev–Trinajstić information content (AvgIpc) is 4.13. The number of benzene rings is 8. The molecule has 0 fully saturated rings. The van der Waals surface area contributed by atoms with Gasteiger partial charge in [0, 0.05) is 79.2 Å². The highest BCUT2D eigenvalue weighted by atomic mass is 15.5. The highest BCUT2D eigenvalue weighted by Gasteiger charge is 2.63. The van der Waals surface area contributed by atoms with E-state index in [4.69, 9.17) is 0 Å². The molecule has 0 radical (unpaired) electrons. The van der Waals surface area contributed by atoms with E-state index in [-0.39, 0.29) is 40.1 Å². The fraction of sp³-hybridized carbons (Fsp3) is 0.314. The quantitative estimate of drug-likeness (QED) is 0.164. The molecule has 5 aliphatic rings. The van der Waals surface area contributed by atoms with Gasteiger partial charge in [0.15, 0.2) is 5.66 Å². The highest BCUT2D eigenvalue weighted by molar-refractivity contribution is 7.00. The molecule has 4 heterocycles. The van der Waals surface area contributed by atoms with Gasteiger partial charge in [0.25, 0.3) is 6.71 Å². The first-order chi connectivity index (χ1) is 35.9. The van der Waals surface area contributed by atoms with E-state index in [9.17, 15) is 0 Å². The lowest BCUT2D eigenvalue weighted by Gasteiger charge is -2.54. The molecule has 1 aliphatic carbocycles. The second-order valence-electron chi connectivity index (χ2n) is 27.1. The monoisotopic (exact) mass is 996 g/mol. The van der Waals surface area contributed by atoms with Crippen LogP contribution in [0.3, 0.4) is 0 Å². The molecule has 1 spiro atoms. The van der Waals surface area contributed by atoms with Crippen molar-refractivity contribution in [3.63, 3.8) is 0 Å². The summed E-state index contributed by atoms with van der Waals surface area (Å²) in [6.45, 7) is 35.8. The molecule has 76 heavy (non-hydrogen) atoms. The molecule has 0 bridgehead atoms. The highest BCUT2D eigenvalue weighted by Crippen LogP contribution is 2.65. The first-order valence-corrected chi connectivity index (χ1v) is 27.9. The normalized spacial score (nSPS) is 17.6. The lowest BCUT2D eigenvalue weighted by atomic mass is 9.33. The summed E-state index contributed by atoms with van der Waals surface area (Å²) in [5.41, 5.74) is 24.2. The minimum atomic E-state index is -0.630. The summed E-state index contributed by atoms with van der Waals surface area (Å²) in [5, 5.41) is 0. The zero-order valence-corrected chi connectivity index (χ0v) is 47.6. The Balaban J connectivity index is 1.16. The Bertz CT molecular complexity index is 3610. The molecule has 4 aliphatic heterocycles. The molecule has 8 aromatic rings. The SMILES string of the molecule is CC1N(c2ccc(C(C)(C)C)cc2)c2cc3c(cc2C1(C)C)B1c2cc4c(cc2N(c2ccccc2)c2cc(C(C)(C)C)cc(c21)N3c1ccccc1)N(C(C)(C)C)C1(c2ccccc2-c2ccccc21)N4C(C)(C)C. The van der Waals surface area contributed by atoms with Gasteiger partial charge in [0.05, 0.1) is 11.4 Å². The summed E-state index contributed by atoms with van der Waals surface area (Å²) < 4.78 is 0. The van der Waals surface area contributed by atoms with Gasteiger partial charge in [-0.2, -0.15) is 0 Å². The number of para-hydroxylation sites is 2. The van der Waals surface area contributed by atoms with E-state index in [1.54, 1.807) is 0 Å². The van der Waals surface area contributed by atoms with E-state index in [0.29, 0.717) is 0 Å². The van der Waals surface area contributed by atoms with E-state index in [1.807, 2.05) is 0 Å². The predicted octanol–water partition coefficient (Wildman–Crippen LogP) is 16.3. The van der Waals surface area contributed by atoms with Crippen LogP contribution in [0.15, 0.2) is 170 Å². The summed E-state index contributed by atoms with van der Waals surface area (Å²) in [5.74, 6) is 0. The van der Waals surface area contributed by atoms with Crippen LogP contribution >= 0.6 is 0 Å². The van der Waals surface area contributed by atoms with E-state index < -0.39 is 5.66 Å². The smallest absolute Gasteiger partial charge is 0.252 e. The van der Waals surface area contributed by atoms with Gasteiger partial charge in [-0.25, -0.2) is 0 Å². The van der Waals surface area contributed by atoms with Crippen LogP contribution < -0.4 is 40.9 Å². The van der Waals surface area contributed by atoms with Crippen molar-refractivity contribution in [3.05, 3.63) is 198 Å². The number of hydrogen-bond donors (Lipinski definition) is 0. The van der Waals surface area contributed by atoms with Crippen molar-refractivity contribution >= 4 is 80.0 Å². The maximum atomic E-state index is 2.81. The molecule has 6 heteroatoms. The molecule has 1 unspecified atom stereocenters. The van der Waals surface area contributed by atoms with Gasteiger partial charge in [0.2, 0.25) is 0 Å². The Labute approximate surface area is 453 Å². The summed E-state index contributed by atoms with van der Waals surface area (Å²) >= 11 is 0. The summed E-state index contributed by atoms with van der Waals surface area (Å²) in [6.07, 6.45) is 0. The van der Waals surface area contributed by atoms with Crippen molar-refractivity contribution < 1.29 is 0 Å². The van der Waals surface area contributed by atoms with Crippen LogP contribution in [0.2, 0.25) is 0 Å². The van der Waals surface area contributed by atoms with E-state index in [2.05, 4.69) is 298 Å². The number of rotatable bonds is 3. The molecule has 0 amide bonds. The van der Waals surface area contributed by atoms with Gasteiger partial charge < -0.3 is 24.5 Å². The standard InChI is InChI=1S/C70H74BN5/c1-44-69(14,15)54-40-55-58(42-57(54)72(44)49-36-34-45(35-37-49)65(2,3)4)73(47-26-18-16-19-27-47)62-38-46(66(5,6)7)39-63-64(62)71(55)56-41-60-61(43-59(56)74(63)48-28-20-17-21-29-48)76(68(11,12)13)70(75(60)67(8,9)10)52-32-24-22-30-50(52)51-31-23-25-33-53(51)70/h16-44H,1-15H3. The van der Waals surface area contributed by atoms with Crippen molar-refractivity contribution in [1.29, 1.82) is 0 Å². The molecule has 0 aromatic heterocycles. The molecular formula is C70H74BN5. The fourth-order valence-corrected chi connectivity index (χ4v) is 14.3. The minimum absolute atomic E-state index is 0.0633. The van der Waals surface area contributed by atoms with Crippen LogP contribution in [0.25, 0.3) is 11.1 Å². The van der Waals surface area contributed by atoms with E-state index >= 15 is 0 Å². The summed E-state index contributed by atoms with van der Waals surface area (Å²) in [4.78, 5) is 13.5. The molecular weight excluding hydrogens is 922 g/mol. The van der Waals surface area contributed by atoms with Crippen LogP contribution in [-0.4, -0.2) is 23.8 Å². The second-order valence-corrected chi connectivity index (χ2v) is 27.1. The maximum Gasteiger partial charge on any atom is 0.252 e. The van der Waals surface area contributed by atoms with Crippen molar-refractivity contribution in [2.45, 2.75) is 143 Å². The third-order valence-electron chi connectivity index (χ3n) is 17.9. The fourth-order valence-electron chi connectivity index (χ4n) is 14.3. The third-order valence-corrected chi connectivity index (χ3v) is 17.9. The second kappa shape index (κ2) is 15.9. The molecule has 0 saturated heterocycles. The maximum absolute atomic E-state index is 2.81. The van der Waals surface area contributed by atoms with E-state index in [0.717, 1.165) is 11.4 Å². The third kappa shape index (κ3) is 6.64. The largest absolute Gasteiger partial charge is 0.337 e. The van der Waals surface area contributed by atoms with Gasteiger partial charge in [-0.1, -0.05) is 159 Å². The van der Waals surface area contributed by atoms with Gasteiger partial charge in [-0.15, -0.1) is 0 Å². The van der Waals surface area contributed by atoms with Gasteiger partial charge in [-0.05, 0) is 170 Å². The molecule has 0 N–H and O–H groups in total. The Hall–Kier alpha value is -7.18. The van der Waals surface area contributed by atoms with Gasteiger partial charge >= 0.3 is 0 Å². The summed E-state index contributed by atoms with van der Waals surface area (Å²) in [6, 6.07) is 66.0. The van der Waals surface area contributed by atoms with Crippen LogP contribution in [0.4, 0.5) is 56.9 Å². The van der Waals surface area contributed by atoms with Gasteiger partial charge in [0.1, 0.15) is 0 Å². The zero-order valence-electron chi connectivity index (χ0n) is 47.6. The molecule has 5 nitrogen and oxygen atoms in total. The molecule has 1 atom stereocenters. The Kier molecular flexibility index (Phi) is 10.2. The number of nitrogens with zero attached hydrogens (tertiary/aromatic N) is 5. The number of fused-ring (bicyclic) bond motifs is 11. The van der Waals surface area contributed by atoms with Crippen molar-refractivity contribution in [2.75, 3.05) is 24.5 Å². The minimum Gasteiger partial charge on any atom is -0.337 e. The lowest BCUT2D eigenvalue weighted by Crippen LogP contribution is -2.64. The number of hydrogen-bond acceptors (Lipinski definition) is 5. The van der Waals surface area contributed by atoms with Crippen molar-refractivity contribution in [1.82, 2.24) is 0 Å². The Morgan fingerprint density at radius 2 is 0.829 bits per heavy atom. The van der Waals surface area contributed by atoms with E-state index in [1.165, 1.54) is 101 Å². The van der Waals surface area contributed by atoms with Crippen molar-refractivity contribution in [3.8, 4) is 11.1 Å². The average molecular weight is 996 g/mol. The van der Waals surface area contributed by atoms with Crippen LogP contribution in [-0.2, 0) is 21.9 Å². The molecule has 8 aromatic carbocycles. The zero-order chi connectivity index (χ0) is 53.4. The summed E-state index contributed by atoms with van der Waals surface area (Å²) in [7, 11) is 0. The van der Waals surface area contributed by atoms with Gasteiger partial charge in [-0.3, -0.25) is 0 Å². The first-order valence-electron chi connectivity index (χ1n) is 27.9. The Morgan fingerprint density at radius 3 is 1.30 bits per heavy atom. The first kappa shape index (κ1) is 48.5. The Morgan fingerprint density at radius 1 is 0.395 bits per heavy atom. The lowest BCUT2D eigenvalue weighted by molar-refractivity contribution is 0.323. The van der Waals surface area contributed by atoms with Crippen molar-refractivity contribution in [2.24, 2.45) is 0 Å². The van der Waals surface area contributed by atoms with Crippen LogP contribution in [0.5, 0.6) is 0 Å². The molecule has 13 rings (SSSR count). The topological polar surface area (TPSA) is 16.2 Å². The van der Waals surface area contributed by atoms with Crippen LogP contribution in [0.1, 0.15) is 132 Å². The van der Waals surface area contributed by atoms with Crippen LogP contribution in [0, 0.1) is 0 Å². The molecule has 0 saturated carbocycles.